The molecule has 0 bridgehead atoms. The zero-order valence-electron chi connectivity index (χ0n) is 13.7. The summed E-state index contributed by atoms with van der Waals surface area (Å²) in [6.45, 7) is 4.43. The summed E-state index contributed by atoms with van der Waals surface area (Å²) in [7, 11) is 0. The molecule has 1 N–H and O–H groups in total. The number of aryl methyl sites for hydroxylation is 1. The molecule has 0 atom stereocenters. The van der Waals surface area contributed by atoms with Gasteiger partial charge in [0.1, 0.15) is 12.4 Å². The van der Waals surface area contributed by atoms with Crippen LogP contribution in [0.5, 0.6) is 5.75 Å². The molecule has 1 aromatic heterocycles. The topological polar surface area (TPSA) is 46.5 Å². The van der Waals surface area contributed by atoms with Crippen LogP contribution < -0.4 is 10.2 Å². The van der Waals surface area contributed by atoms with E-state index in [0.29, 0.717) is 6.61 Å². The van der Waals surface area contributed by atoms with Crippen molar-refractivity contribution in [2.24, 2.45) is 5.10 Å². The standard InChI is InChI=1S/C19H19N3OS/c1-14-8-10-16(11-9-14)18-13-24-19(20-18)22-21-15(2)12-23-17-6-4-3-5-7-17/h3-11,13H,12H2,1-2H3,(H,20,22)/b21-15+. The highest BCUT2D eigenvalue weighted by atomic mass is 32.1. The molecule has 0 amide bonds. The summed E-state index contributed by atoms with van der Waals surface area (Å²) in [5.41, 5.74) is 7.16. The first kappa shape index (κ1) is 16.2. The minimum atomic E-state index is 0.438. The van der Waals surface area contributed by atoms with Crippen LogP contribution in [0.25, 0.3) is 11.3 Å². The smallest absolute Gasteiger partial charge is 0.203 e. The van der Waals surface area contributed by atoms with Crippen LogP contribution in [0.4, 0.5) is 5.13 Å². The number of ether oxygens (including phenoxy) is 1. The van der Waals surface area contributed by atoms with Crippen molar-refractivity contribution >= 4 is 22.2 Å². The van der Waals surface area contributed by atoms with Gasteiger partial charge in [0.05, 0.1) is 11.4 Å². The minimum Gasteiger partial charge on any atom is -0.488 e. The van der Waals surface area contributed by atoms with E-state index < -0.39 is 0 Å². The fraction of sp³-hybridized carbons (Fsp3) is 0.158. The Morgan fingerprint density at radius 2 is 1.88 bits per heavy atom. The third-order valence-electron chi connectivity index (χ3n) is 3.38. The van der Waals surface area contributed by atoms with Crippen LogP contribution in [0.15, 0.2) is 65.1 Å². The number of rotatable bonds is 6. The number of hydrogen-bond donors (Lipinski definition) is 1. The van der Waals surface area contributed by atoms with E-state index >= 15 is 0 Å². The third-order valence-corrected chi connectivity index (χ3v) is 4.13. The molecule has 0 radical (unpaired) electrons. The van der Waals surface area contributed by atoms with Gasteiger partial charge in [-0.05, 0) is 26.0 Å². The molecule has 0 unspecified atom stereocenters. The summed E-state index contributed by atoms with van der Waals surface area (Å²) in [4.78, 5) is 4.56. The first-order valence-electron chi connectivity index (χ1n) is 7.70. The second-order valence-corrected chi connectivity index (χ2v) is 6.32. The van der Waals surface area contributed by atoms with Crippen LogP contribution in [0.1, 0.15) is 12.5 Å². The molecule has 0 fully saturated rings. The van der Waals surface area contributed by atoms with Crippen LogP contribution in [0, 0.1) is 6.92 Å². The van der Waals surface area contributed by atoms with Gasteiger partial charge in [-0.3, -0.25) is 5.43 Å². The molecule has 2 aromatic carbocycles. The number of benzene rings is 2. The number of para-hydroxylation sites is 1. The quantitative estimate of drug-likeness (QED) is 0.509. The van der Waals surface area contributed by atoms with E-state index in [1.807, 2.05) is 42.6 Å². The van der Waals surface area contributed by atoms with Crippen molar-refractivity contribution in [1.29, 1.82) is 0 Å². The average Bonchev–Trinajstić information content (AvgIpc) is 3.09. The molecule has 0 aliphatic rings. The predicted molar refractivity (Wildman–Crippen MR) is 101 cm³/mol. The van der Waals surface area contributed by atoms with E-state index in [4.69, 9.17) is 4.74 Å². The van der Waals surface area contributed by atoms with Gasteiger partial charge >= 0.3 is 0 Å². The maximum atomic E-state index is 5.65. The van der Waals surface area contributed by atoms with Gasteiger partial charge in [-0.15, -0.1) is 11.3 Å². The number of nitrogens with one attached hydrogen (secondary N) is 1. The third kappa shape index (κ3) is 4.43. The number of nitrogens with zero attached hydrogens (tertiary/aromatic N) is 2. The number of hydrogen-bond acceptors (Lipinski definition) is 5. The summed E-state index contributed by atoms with van der Waals surface area (Å²) in [6.07, 6.45) is 0. The van der Waals surface area contributed by atoms with Crippen molar-refractivity contribution in [1.82, 2.24) is 4.98 Å². The molecule has 0 saturated heterocycles. The molecule has 0 aliphatic heterocycles. The number of hydrazone groups is 1. The van der Waals surface area contributed by atoms with Gasteiger partial charge in [0.15, 0.2) is 0 Å². The van der Waals surface area contributed by atoms with Gasteiger partial charge in [-0.2, -0.15) is 5.10 Å². The highest BCUT2D eigenvalue weighted by Gasteiger charge is 2.04. The van der Waals surface area contributed by atoms with Gasteiger partial charge in [0.2, 0.25) is 5.13 Å². The first-order chi connectivity index (χ1) is 11.7. The second kappa shape index (κ2) is 7.75. The van der Waals surface area contributed by atoms with E-state index in [0.717, 1.165) is 27.9 Å². The molecular weight excluding hydrogens is 318 g/mol. The summed E-state index contributed by atoms with van der Waals surface area (Å²) >= 11 is 1.53. The van der Waals surface area contributed by atoms with Gasteiger partial charge < -0.3 is 4.74 Å². The van der Waals surface area contributed by atoms with Crippen LogP contribution in [-0.4, -0.2) is 17.3 Å². The van der Waals surface area contributed by atoms with E-state index in [2.05, 4.69) is 46.7 Å². The lowest BCUT2D eigenvalue weighted by molar-refractivity contribution is 0.376. The predicted octanol–water partition coefficient (Wildman–Crippen LogP) is 4.99. The Labute approximate surface area is 145 Å². The summed E-state index contributed by atoms with van der Waals surface area (Å²) in [6, 6.07) is 18.0. The van der Waals surface area contributed by atoms with E-state index in [1.54, 1.807) is 0 Å². The van der Waals surface area contributed by atoms with E-state index in [1.165, 1.54) is 16.9 Å². The van der Waals surface area contributed by atoms with Crippen LogP contribution in [0.3, 0.4) is 0 Å². The lowest BCUT2D eigenvalue weighted by Crippen LogP contribution is -2.09. The second-order valence-electron chi connectivity index (χ2n) is 5.46. The zero-order valence-corrected chi connectivity index (χ0v) is 14.5. The Morgan fingerprint density at radius 1 is 1.12 bits per heavy atom. The molecule has 3 rings (SSSR count). The monoisotopic (exact) mass is 337 g/mol. The van der Waals surface area contributed by atoms with Gasteiger partial charge in [-0.1, -0.05) is 48.0 Å². The van der Waals surface area contributed by atoms with Crippen LogP contribution >= 0.6 is 11.3 Å². The molecule has 4 nitrogen and oxygen atoms in total. The Hall–Kier alpha value is -2.66. The van der Waals surface area contributed by atoms with E-state index in [-0.39, 0.29) is 0 Å². The Kier molecular flexibility index (Phi) is 5.23. The Bertz CT molecular complexity index is 810. The molecule has 1 heterocycles. The van der Waals surface area contributed by atoms with Crippen molar-refractivity contribution in [2.75, 3.05) is 12.0 Å². The highest BCUT2D eigenvalue weighted by molar-refractivity contribution is 7.14. The zero-order chi connectivity index (χ0) is 16.8. The van der Waals surface area contributed by atoms with Gasteiger partial charge in [0, 0.05) is 10.9 Å². The molecule has 0 saturated carbocycles. The van der Waals surface area contributed by atoms with Gasteiger partial charge in [-0.25, -0.2) is 4.98 Å². The SMILES string of the molecule is C/C(COc1ccccc1)=N\Nc1nc(-c2ccc(C)cc2)cs1. The number of aromatic nitrogens is 1. The summed E-state index contributed by atoms with van der Waals surface area (Å²) in [5, 5.41) is 7.11. The fourth-order valence-corrected chi connectivity index (χ4v) is 2.72. The Balaban J connectivity index is 1.57. The molecule has 3 aromatic rings. The fourth-order valence-electron chi connectivity index (χ4n) is 2.06. The molecule has 0 spiro atoms. The van der Waals surface area contributed by atoms with Crippen LogP contribution in [0.2, 0.25) is 0 Å². The maximum absolute atomic E-state index is 5.65. The van der Waals surface area contributed by atoms with Crippen molar-refractivity contribution in [3.05, 3.63) is 65.5 Å². The molecule has 24 heavy (non-hydrogen) atoms. The van der Waals surface area contributed by atoms with Crippen molar-refractivity contribution in [2.45, 2.75) is 13.8 Å². The maximum Gasteiger partial charge on any atom is 0.203 e. The lowest BCUT2D eigenvalue weighted by atomic mass is 10.1. The van der Waals surface area contributed by atoms with Gasteiger partial charge in [0.25, 0.3) is 0 Å². The average molecular weight is 337 g/mol. The molecule has 0 aliphatic carbocycles. The Morgan fingerprint density at radius 3 is 2.62 bits per heavy atom. The highest BCUT2D eigenvalue weighted by Crippen LogP contribution is 2.25. The lowest BCUT2D eigenvalue weighted by Gasteiger charge is -2.05. The number of anilines is 1. The van der Waals surface area contributed by atoms with Crippen molar-refractivity contribution in [3.63, 3.8) is 0 Å². The van der Waals surface area contributed by atoms with Crippen molar-refractivity contribution in [3.8, 4) is 17.0 Å². The van der Waals surface area contributed by atoms with E-state index in [9.17, 15) is 0 Å². The first-order valence-corrected chi connectivity index (χ1v) is 8.58. The summed E-state index contributed by atoms with van der Waals surface area (Å²) in [5.74, 6) is 0.836. The van der Waals surface area contributed by atoms with Crippen LogP contribution in [-0.2, 0) is 0 Å². The molecule has 5 heteroatoms. The minimum absolute atomic E-state index is 0.438. The summed E-state index contributed by atoms with van der Waals surface area (Å²) < 4.78 is 5.65. The largest absolute Gasteiger partial charge is 0.488 e. The molecular formula is C19H19N3OS. The molecule has 122 valence electrons. The normalized spacial score (nSPS) is 11.3. The number of thiazole rings is 1. The van der Waals surface area contributed by atoms with Crippen molar-refractivity contribution < 1.29 is 4.74 Å².